The van der Waals surface area contributed by atoms with Crippen LogP contribution in [-0.2, 0) is 0 Å². The van der Waals surface area contributed by atoms with E-state index in [1.54, 1.807) is 19.0 Å². The van der Waals surface area contributed by atoms with Crippen molar-refractivity contribution in [2.75, 3.05) is 14.1 Å². The Morgan fingerprint density at radius 3 is 2.53 bits per heavy atom. The molecule has 0 fully saturated rings. The van der Waals surface area contributed by atoms with Gasteiger partial charge in [-0.25, -0.2) is 0 Å². The molecule has 0 bridgehead atoms. The van der Waals surface area contributed by atoms with Crippen LogP contribution in [0.4, 0.5) is 0 Å². The quantitative estimate of drug-likeness (QED) is 0.760. The molecule has 96 valence electrons. The summed E-state index contributed by atoms with van der Waals surface area (Å²) >= 11 is 0. The average Bonchev–Trinajstić information content (AvgIpc) is 2.67. The van der Waals surface area contributed by atoms with Gasteiger partial charge in [0.15, 0.2) is 0 Å². The van der Waals surface area contributed by atoms with Gasteiger partial charge in [-0.3, -0.25) is 4.79 Å². The fourth-order valence-electron chi connectivity index (χ4n) is 2.67. The topological polar surface area (TPSA) is 20.3 Å². The first-order chi connectivity index (χ1) is 9.43. The van der Waals surface area contributed by atoms with Crippen molar-refractivity contribution in [1.29, 1.82) is 0 Å². The van der Waals surface area contributed by atoms with Gasteiger partial charge in [-0.05, 0) is 34.4 Å². The number of amides is 1. The maximum atomic E-state index is 12.1. The Balaban J connectivity index is 2.20. The summed E-state index contributed by atoms with van der Waals surface area (Å²) in [4.78, 5) is 13.7. The molecule has 2 aromatic rings. The zero-order valence-electron chi connectivity index (χ0n) is 12.4. The normalized spacial score (nSPS) is 20.5. The summed E-state index contributed by atoms with van der Waals surface area (Å²) < 4.78 is 8.67. The molecule has 3 rings (SSSR count). The predicted octanol–water partition coefficient (Wildman–Crippen LogP) is 3.52. The van der Waals surface area contributed by atoms with E-state index in [4.69, 9.17) is 1.37 Å². The summed E-state index contributed by atoms with van der Waals surface area (Å²) in [5.41, 5.74) is 4.72. The Morgan fingerprint density at radius 1 is 1.11 bits per heavy atom. The van der Waals surface area contributed by atoms with Gasteiger partial charge in [0.2, 0.25) is 0 Å². The Bertz CT molecular complexity index is 704. The summed E-state index contributed by atoms with van der Waals surface area (Å²) in [6, 6.07) is 13.7. The second-order valence-electron chi connectivity index (χ2n) is 5.13. The van der Waals surface area contributed by atoms with E-state index in [1.807, 2.05) is 49.4 Å². The highest BCUT2D eigenvalue weighted by molar-refractivity contribution is 5.95. The highest BCUT2D eigenvalue weighted by Gasteiger charge is 2.25. The van der Waals surface area contributed by atoms with Crippen LogP contribution in [0.3, 0.4) is 0 Å². The molecule has 0 radical (unpaired) electrons. The first kappa shape index (κ1) is 10.8. The second-order valence-corrected chi connectivity index (χ2v) is 5.13. The lowest BCUT2D eigenvalue weighted by atomic mass is 9.97. The molecule has 19 heavy (non-hydrogen) atoms. The third-order valence-corrected chi connectivity index (χ3v) is 3.70. The highest BCUT2D eigenvalue weighted by Crippen LogP contribution is 2.44. The van der Waals surface area contributed by atoms with E-state index < -0.39 is 5.89 Å². The van der Waals surface area contributed by atoms with Crippen molar-refractivity contribution in [1.82, 2.24) is 4.90 Å². The van der Waals surface area contributed by atoms with Gasteiger partial charge in [0.05, 0.1) is 0 Å². The van der Waals surface area contributed by atoms with Gasteiger partial charge in [-0.15, -0.1) is 0 Å². The SMILES string of the molecule is [2H]C1(C)c2ccccc2-c2ccc(C(=O)N(C)C)cc21. The molecule has 1 aliphatic carbocycles. The molecule has 0 saturated carbocycles. The Hall–Kier alpha value is -2.09. The number of rotatable bonds is 1. The molecule has 0 saturated heterocycles. The zero-order valence-corrected chi connectivity index (χ0v) is 11.4. The molecule has 1 unspecified atom stereocenters. The first-order valence-corrected chi connectivity index (χ1v) is 6.39. The van der Waals surface area contributed by atoms with Crippen molar-refractivity contribution in [3.8, 4) is 11.1 Å². The van der Waals surface area contributed by atoms with Crippen molar-refractivity contribution in [3.05, 3.63) is 59.2 Å². The van der Waals surface area contributed by atoms with E-state index in [1.165, 1.54) is 0 Å². The van der Waals surface area contributed by atoms with Crippen LogP contribution in [0.2, 0.25) is 0 Å². The van der Waals surface area contributed by atoms with E-state index >= 15 is 0 Å². The number of fused-ring (bicyclic) bond motifs is 3. The minimum atomic E-state index is -0.797. The molecule has 0 aromatic heterocycles. The van der Waals surface area contributed by atoms with Crippen molar-refractivity contribution < 1.29 is 6.17 Å². The van der Waals surface area contributed by atoms with Crippen LogP contribution in [0.5, 0.6) is 0 Å². The van der Waals surface area contributed by atoms with Gasteiger partial charge in [0, 0.05) is 26.9 Å². The maximum absolute atomic E-state index is 12.1. The summed E-state index contributed by atoms with van der Waals surface area (Å²) in [5.74, 6) is -0.825. The number of benzene rings is 2. The van der Waals surface area contributed by atoms with Gasteiger partial charge in [-0.1, -0.05) is 37.3 Å². The third-order valence-electron chi connectivity index (χ3n) is 3.70. The Kier molecular flexibility index (Phi) is 2.41. The maximum Gasteiger partial charge on any atom is 0.253 e. The molecule has 2 heteroatoms. The van der Waals surface area contributed by atoms with Crippen LogP contribution in [-0.4, -0.2) is 24.9 Å². The zero-order chi connectivity index (χ0) is 14.5. The van der Waals surface area contributed by atoms with Crippen molar-refractivity contribution in [2.24, 2.45) is 0 Å². The number of carbonyl (C=O) groups is 1. The second kappa shape index (κ2) is 4.23. The molecule has 0 aliphatic heterocycles. The molecular formula is C17H17NO. The van der Waals surface area contributed by atoms with Gasteiger partial charge >= 0.3 is 0 Å². The number of carbonyl (C=O) groups excluding carboxylic acids is 1. The van der Waals surface area contributed by atoms with Gasteiger partial charge in [0.1, 0.15) is 0 Å². The highest BCUT2D eigenvalue weighted by atomic mass is 16.2. The smallest absolute Gasteiger partial charge is 0.253 e. The van der Waals surface area contributed by atoms with Gasteiger partial charge in [0.25, 0.3) is 5.91 Å². The van der Waals surface area contributed by atoms with Gasteiger partial charge in [-0.2, -0.15) is 0 Å². The summed E-state index contributed by atoms with van der Waals surface area (Å²) in [7, 11) is 3.48. The summed E-state index contributed by atoms with van der Waals surface area (Å²) in [6.07, 6.45) is 0. The van der Waals surface area contributed by atoms with Crippen LogP contribution in [0.1, 0.15) is 35.7 Å². The van der Waals surface area contributed by atoms with Crippen LogP contribution in [0, 0.1) is 0 Å². The molecule has 0 N–H and O–H groups in total. The first-order valence-electron chi connectivity index (χ1n) is 6.89. The van der Waals surface area contributed by atoms with Crippen molar-refractivity contribution in [2.45, 2.75) is 12.8 Å². The number of hydrogen-bond acceptors (Lipinski definition) is 1. The Morgan fingerprint density at radius 2 is 1.79 bits per heavy atom. The molecular weight excluding hydrogens is 234 g/mol. The average molecular weight is 252 g/mol. The molecule has 1 aliphatic rings. The van der Waals surface area contributed by atoms with E-state index in [-0.39, 0.29) is 5.91 Å². The molecule has 0 heterocycles. The monoisotopic (exact) mass is 252 g/mol. The molecule has 1 atom stereocenters. The fourth-order valence-corrected chi connectivity index (χ4v) is 2.67. The van der Waals surface area contributed by atoms with E-state index in [0.29, 0.717) is 5.56 Å². The summed E-state index contributed by atoms with van der Waals surface area (Å²) in [5, 5.41) is 0. The standard InChI is InChI=1S/C17H17NO/c1-11-13-6-4-5-7-14(13)15-9-8-12(10-16(11)15)17(19)18(2)3/h4-11H,1-3H3/i11D. The van der Waals surface area contributed by atoms with Crippen molar-refractivity contribution in [3.63, 3.8) is 0 Å². The van der Waals surface area contributed by atoms with E-state index in [0.717, 1.165) is 22.3 Å². The van der Waals surface area contributed by atoms with Crippen LogP contribution in [0.15, 0.2) is 42.5 Å². The van der Waals surface area contributed by atoms with Gasteiger partial charge < -0.3 is 4.90 Å². The number of nitrogens with zero attached hydrogens (tertiary/aromatic N) is 1. The van der Waals surface area contributed by atoms with Crippen LogP contribution < -0.4 is 0 Å². The largest absolute Gasteiger partial charge is 0.345 e. The molecule has 1 amide bonds. The molecule has 2 aromatic carbocycles. The van der Waals surface area contributed by atoms with Crippen molar-refractivity contribution >= 4 is 5.91 Å². The van der Waals surface area contributed by atoms with Crippen LogP contribution in [0.25, 0.3) is 11.1 Å². The third kappa shape index (κ3) is 1.75. The molecule has 2 nitrogen and oxygen atoms in total. The summed E-state index contributed by atoms with van der Waals surface area (Å²) in [6.45, 7) is 1.89. The van der Waals surface area contributed by atoms with E-state index in [9.17, 15) is 4.79 Å². The Labute approximate surface area is 115 Å². The predicted molar refractivity (Wildman–Crippen MR) is 77.4 cm³/mol. The lowest BCUT2D eigenvalue weighted by Gasteiger charge is -2.12. The number of hydrogen-bond donors (Lipinski definition) is 0. The van der Waals surface area contributed by atoms with Crippen LogP contribution >= 0.6 is 0 Å². The lowest BCUT2D eigenvalue weighted by Crippen LogP contribution is -2.21. The fraction of sp³-hybridized carbons (Fsp3) is 0.235. The minimum absolute atomic E-state index is 0.0282. The molecule has 0 spiro atoms. The minimum Gasteiger partial charge on any atom is -0.345 e. The lowest BCUT2D eigenvalue weighted by molar-refractivity contribution is 0.0827. The van der Waals surface area contributed by atoms with E-state index in [2.05, 4.69) is 0 Å².